The maximum Gasteiger partial charge on any atom is 0.394 e. The molecule has 1 saturated heterocycles. The van der Waals surface area contributed by atoms with Gasteiger partial charge in [-0.15, -0.1) is 0 Å². The molecule has 0 spiro atoms. The van der Waals surface area contributed by atoms with Gasteiger partial charge in [-0.1, -0.05) is 12.1 Å². The van der Waals surface area contributed by atoms with E-state index in [9.17, 15) is 23.1 Å². The molecule has 0 saturated carbocycles. The monoisotopic (exact) mass is 330 g/mol. The lowest BCUT2D eigenvalue weighted by Crippen LogP contribution is -2.53. The lowest BCUT2D eigenvalue weighted by Gasteiger charge is -2.36. The predicted octanol–water partition coefficient (Wildman–Crippen LogP) is 3.31. The Kier molecular flexibility index (Phi) is 4.77. The number of likely N-dealkylation sites (tertiary alicyclic amines) is 1. The minimum Gasteiger partial charge on any atom is -0.508 e. The highest BCUT2D eigenvalue weighted by molar-refractivity contribution is 5.75. The molecule has 1 aliphatic heterocycles. The van der Waals surface area contributed by atoms with E-state index in [1.807, 2.05) is 6.07 Å². The zero-order valence-corrected chi connectivity index (χ0v) is 13.2. The van der Waals surface area contributed by atoms with Crippen molar-refractivity contribution in [3.05, 3.63) is 29.8 Å². The maximum atomic E-state index is 13.0. The number of nitrogens with one attached hydrogen (secondary N) is 1. The van der Waals surface area contributed by atoms with E-state index in [2.05, 4.69) is 5.32 Å². The molecule has 4 nitrogen and oxygen atoms in total. The summed E-state index contributed by atoms with van der Waals surface area (Å²) in [4.78, 5) is 13.4. The summed E-state index contributed by atoms with van der Waals surface area (Å²) in [7, 11) is 0. The van der Waals surface area contributed by atoms with Crippen LogP contribution in [0.3, 0.4) is 0 Å². The normalized spacial score (nSPS) is 20.6. The number of hydrogen-bond acceptors (Lipinski definition) is 2. The van der Waals surface area contributed by atoms with Crippen molar-refractivity contribution in [2.24, 2.45) is 5.92 Å². The Morgan fingerprint density at radius 2 is 2.13 bits per heavy atom. The number of phenolic OH excluding ortho intramolecular Hbond substituents is 1. The second-order valence-corrected chi connectivity index (χ2v) is 6.34. The van der Waals surface area contributed by atoms with Gasteiger partial charge in [0, 0.05) is 13.1 Å². The fourth-order valence-corrected chi connectivity index (χ4v) is 3.14. The number of nitrogens with zero attached hydrogens (tertiary/aromatic N) is 1. The first-order chi connectivity index (χ1) is 10.6. The fraction of sp³-hybridized carbons (Fsp3) is 0.562. The number of phenols is 1. The van der Waals surface area contributed by atoms with Gasteiger partial charge >= 0.3 is 12.2 Å². The van der Waals surface area contributed by atoms with Crippen molar-refractivity contribution < 1.29 is 23.1 Å². The fourth-order valence-electron chi connectivity index (χ4n) is 3.14. The number of aromatic hydroxyl groups is 1. The highest BCUT2D eigenvalue weighted by atomic mass is 19.4. The van der Waals surface area contributed by atoms with Crippen LogP contribution in [-0.2, 0) is 6.42 Å². The Morgan fingerprint density at radius 1 is 1.43 bits per heavy atom. The Balaban J connectivity index is 1.91. The number of urea groups is 1. The molecule has 0 aliphatic carbocycles. The van der Waals surface area contributed by atoms with Crippen LogP contribution in [0.25, 0.3) is 0 Å². The number of benzene rings is 1. The summed E-state index contributed by atoms with van der Waals surface area (Å²) in [6.07, 6.45) is -3.88. The minimum absolute atomic E-state index is 0.0729. The van der Waals surface area contributed by atoms with Crippen LogP contribution in [-0.4, -0.2) is 40.8 Å². The van der Waals surface area contributed by atoms with Crippen molar-refractivity contribution in [2.45, 2.75) is 38.4 Å². The summed E-state index contributed by atoms with van der Waals surface area (Å²) in [5.74, 6) is -1.37. The molecule has 0 aromatic heterocycles. The van der Waals surface area contributed by atoms with Crippen molar-refractivity contribution in [3.8, 4) is 5.75 Å². The van der Waals surface area contributed by atoms with E-state index in [0.717, 1.165) is 5.56 Å². The molecule has 2 N–H and O–H groups in total. The summed E-state index contributed by atoms with van der Waals surface area (Å²) in [5.41, 5.74) is -0.410. The number of amides is 2. The zero-order chi connectivity index (χ0) is 17.3. The van der Waals surface area contributed by atoms with Crippen LogP contribution in [0.5, 0.6) is 5.75 Å². The molecule has 7 heteroatoms. The largest absolute Gasteiger partial charge is 0.508 e. The van der Waals surface area contributed by atoms with Crippen LogP contribution in [0.4, 0.5) is 18.0 Å². The predicted molar refractivity (Wildman–Crippen MR) is 80.2 cm³/mol. The molecule has 1 aliphatic rings. The molecule has 1 unspecified atom stereocenters. The third kappa shape index (κ3) is 3.89. The summed E-state index contributed by atoms with van der Waals surface area (Å²) in [6.45, 7) is 3.29. The van der Waals surface area contributed by atoms with E-state index in [-0.39, 0.29) is 18.7 Å². The Hall–Kier alpha value is -1.92. The summed E-state index contributed by atoms with van der Waals surface area (Å²) < 4.78 is 39.1. The van der Waals surface area contributed by atoms with E-state index in [1.54, 1.807) is 18.2 Å². The molecule has 1 fully saturated rings. The topological polar surface area (TPSA) is 52.6 Å². The molecule has 0 bridgehead atoms. The average Bonchev–Trinajstić information content (AvgIpc) is 2.74. The van der Waals surface area contributed by atoms with Crippen molar-refractivity contribution in [3.63, 3.8) is 0 Å². The Bertz CT molecular complexity index is 573. The Labute approximate surface area is 133 Å². The molecule has 0 radical (unpaired) electrons. The molecule has 2 amide bonds. The number of carbonyl (C=O) groups is 1. The number of halogens is 3. The molecule has 128 valence electrons. The number of hydrogen-bond donors (Lipinski definition) is 2. The van der Waals surface area contributed by atoms with Crippen LogP contribution in [0.15, 0.2) is 24.3 Å². The van der Waals surface area contributed by atoms with E-state index in [0.29, 0.717) is 13.0 Å². The first-order valence-corrected chi connectivity index (χ1v) is 7.52. The first-order valence-electron chi connectivity index (χ1n) is 7.52. The van der Waals surface area contributed by atoms with E-state index in [1.165, 1.54) is 18.7 Å². The van der Waals surface area contributed by atoms with Crippen LogP contribution >= 0.6 is 0 Å². The molecule has 1 aromatic carbocycles. The Morgan fingerprint density at radius 3 is 2.70 bits per heavy atom. The molecular formula is C16H21F3N2O2. The summed E-state index contributed by atoms with van der Waals surface area (Å²) >= 11 is 0. The molecule has 1 aromatic rings. The van der Waals surface area contributed by atoms with Crippen LogP contribution in [0.2, 0.25) is 0 Å². The van der Waals surface area contributed by atoms with Crippen LogP contribution < -0.4 is 5.32 Å². The second kappa shape index (κ2) is 6.29. The van der Waals surface area contributed by atoms with E-state index >= 15 is 0 Å². The van der Waals surface area contributed by atoms with Crippen LogP contribution in [0, 0.1) is 5.92 Å². The van der Waals surface area contributed by atoms with Gasteiger partial charge in [0.25, 0.3) is 0 Å². The number of rotatable bonds is 3. The lowest BCUT2D eigenvalue weighted by atomic mass is 9.88. The van der Waals surface area contributed by atoms with Gasteiger partial charge in [-0.25, -0.2) is 4.79 Å². The highest BCUT2D eigenvalue weighted by Crippen LogP contribution is 2.44. The third-order valence-electron chi connectivity index (χ3n) is 4.43. The standard InChI is InChI=1S/C16H21F3N2O2/c1-15(2)13(16(17,18)19)7-9-21(15)14(23)20-8-6-11-4-3-5-12(22)10-11/h3-5,10,13,22H,6-9H2,1-2H3,(H,20,23). The van der Waals surface area contributed by atoms with Crippen LogP contribution in [0.1, 0.15) is 25.8 Å². The summed E-state index contributed by atoms with van der Waals surface area (Å²) in [6, 6.07) is 6.16. The van der Waals surface area contributed by atoms with Gasteiger partial charge < -0.3 is 15.3 Å². The smallest absolute Gasteiger partial charge is 0.394 e. The number of carbonyl (C=O) groups excluding carboxylic acids is 1. The maximum absolute atomic E-state index is 13.0. The molecule has 2 rings (SSSR count). The third-order valence-corrected chi connectivity index (χ3v) is 4.43. The second-order valence-electron chi connectivity index (χ2n) is 6.34. The van der Waals surface area contributed by atoms with Crippen molar-refractivity contribution in [1.82, 2.24) is 10.2 Å². The zero-order valence-electron chi connectivity index (χ0n) is 13.2. The van der Waals surface area contributed by atoms with Crippen molar-refractivity contribution in [1.29, 1.82) is 0 Å². The van der Waals surface area contributed by atoms with Gasteiger partial charge in [0.2, 0.25) is 0 Å². The lowest BCUT2D eigenvalue weighted by molar-refractivity contribution is -0.189. The van der Waals surface area contributed by atoms with Crippen molar-refractivity contribution in [2.75, 3.05) is 13.1 Å². The molecule has 1 heterocycles. The van der Waals surface area contributed by atoms with Gasteiger partial charge in [-0.2, -0.15) is 13.2 Å². The average molecular weight is 330 g/mol. The van der Waals surface area contributed by atoms with Gasteiger partial charge in [-0.3, -0.25) is 0 Å². The van der Waals surface area contributed by atoms with Gasteiger partial charge in [-0.05, 0) is 44.4 Å². The SMILES string of the molecule is CC1(C)C(C(F)(F)F)CCN1C(=O)NCCc1cccc(O)c1. The molecule has 23 heavy (non-hydrogen) atoms. The quantitative estimate of drug-likeness (QED) is 0.893. The molecule has 1 atom stereocenters. The summed E-state index contributed by atoms with van der Waals surface area (Å²) in [5, 5.41) is 12.0. The highest BCUT2D eigenvalue weighted by Gasteiger charge is 2.56. The van der Waals surface area contributed by atoms with E-state index < -0.39 is 23.7 Å². The van der Waals surface area contributed by atoms with Gasteiger partial charge in [0.05, 0.1) is 11.5 Å². The van der Waals surface area contributed by atoms with E-state index in [4.69, 9.17) is 0 Å². The van der Waals surface area contributed by atoms with Gasteiger partial charge in [0.1, 0.15) is 5.75 Å². The van der Waals surface area contributed by atoms with Gasteiger partial charge in [0.15, 0.2) is 0 Å². The first kappa shape index (κ1) is 17.4. The van der Waals surface area contributed by atoms with Crippen molar-refractivity contribution >= 4 is 6.03 Å². The number of alkyl halides is 3. The minimum atomic E-state index is -4.31. The molecular weight excluding hydrogens is 309 g/mol.